The zero-order chi connectivity index (χ0) is 13.5. The molecule has 1 aromatic heterocycles. The van der Waals surface area contributed by atoms with Crippen molar-refractivity contribution in [3.8, 4) is 0 Å². The highest BCUT2D eigenvalue weighted by Crippen LogP contribution is 2.15. The molecular formula is C16H29N3. The first-order valence-corrected chi connectivity index (χ1v) is 7.86. The van der Waals surface area contributed by atoms with Crippen LogP contribution in [0.15, 0.2) is 18.3 Å². The number of hydrogen-bond acceptors (Lipinski definition) is 2. The molecule has 1 fully saturated rings. The van der Waals surface area contributed by atoms with Crippen molar-refractivity contribution in [2.45, 2.75) is 46.2 Å². The summed E-state index contributed by atoms with van der Waals surface area (Å²) in [5.74, 6) is 0.941. The predicted octanol–water partition coefficient (Wildman–Crippen LogP) is 2.72. The molecule has 1 aliphatic rings. The molecule has 1 saturated heterocycles. The Labute approximate surface area is 118 Å². The topological polar surface area (TPSA) is 20.2 Å². The molecule has 0 spiro atoms. The maximum Gasteiger partial charge on any atom is 0.0359 e. The summed E-state index contributed by atoms with van der Waals surface area (Å²) in [6.45, 7) is 11.6. The highest BCUT2D eigenvalue weighted by molar-refractivity contribution is 5.06. The third-order valence-corrected chi connectivity index (χ3v) is 4.27. The third kappa shape index (κ3) is 4.66. The normalized spacial score (nSPS) is 18.0. The van der Waals surface area contributed by atoms with E-state index in [1.807, 2.05) is 0 Å². The van der Waals surface area contributed by atoms with Gasteiger partial charge in [0.15, 0.2) is 0 Å². The Kier molecular flexibility index (Phi) is 5.93. The molecule has 2 rings (SSSR count). The minimum absolute atomic E-state index is 0.941. The van der Waals surface area contributed by atoms with Crippen LogP contribution in [0.25, 0.3) is 0 Å². The van der Waals surface area contributed by atoms with Crippen LogP contribution in [-0.2, 0) is 13.1 Å². The van der Waals surface area contributed by atoms with E-state index in [0.29, 0.717) is 0 Å². The molecule has 3 heteroatoms. The van der Waals surface area contributed by atoms with Crippen molar-refractivity contribution in [3.63, 3.8) is 0 Å². The molecule has 1 aromatic rings. The van der Waals surface area contributed by atoms with Crippen LogP contribution < -0.4 is 5.32 Å². The van der Waals surface area contributed by atoms with Gasteiger partial charge in [-0.05, 0) is 70.4 Å². The maximum absolute atomic E-state index is 3.56. The van der Waals surface area contributed by atoms with Crippen LogP contribution >= 0.6 is 0 Å². The average Bonchev–Trinajstić information content (AvgIpc) is 2.88. The summed E-state index contributed by atoms with van der Waals surface area (Å²) in [5, 5.41) is 3.56. The van der Waals surface area contributed by atoms with E-state index in [-0.39, 0.29) is 0 Å². The van der Waals surface area contributed by atoms with Crippen molar-refractivity contribution in [2.75, 3.05) is 26.2 Å². The standard InChI is InChI=1S/C16H29N3/c1-3-19-11-4-6-16(19)14-17-9-5-10-18-12-7-15(2)8-13-18/h4,6,11,15,17H,3,5,7-10,12-14H2,1-2H3. The van der Waals surface area contributed by atoms with E-state index in [0.717, 1.165) is 25.6 Å². The number of piperidine rings is 1. The Morgan fingerprint density at radius 2 is 2.11 bits per heavy atom. The first-order valence-electron chi connectivity index (χ1n) is 7.86. The van der Waals surface area contributed by atoms with Gasteiger partial charge >= 0.3 is 0 Å². The van der Waals surface area contributed by atoms with Gasteiger partial charge in [0, 0.05) is 25.0 Å². The molecule has 0 radical (unpaired) electrons. The van der Waals surface area contributed by atoms with Gasteiger partial charge in [0.25, 0.3) is 0 Å². The van der Waals surface area contributed by atoms with Gasteiger partial charge in [-0.25, -0.2) is 0 Å². The number of aromatic nitrogens is 1. The van der Waals surface area contributed by atoms with Crippen LogP contribution in [0.5, 0.6) is 0 Å². The Morgan fingerprint density at radius 3 is 2.84 bits per heavy atom. The van der Waals surface area contributed by atoms with E-state index < -0.39 is 0 Å². The fraction of sp³-hybridized carbons (Fsp3) is 0.750. The Bertz CT molecular complexity index is 351. The lowest BCUT2D eigenvalue weighted by Gasteiger charge is -2.30. The number of nitrogens with zero attached hydrogens (tertiary/aromatic N) is 2. The van der Waals surface area contributed by atoms with Crippen molar-refractivity contribution >= 4 is 0 Å². The first-order chi connectivity index (χ1) is 9.29. The Hall–Kier alpha value is -0.800. The number of hydrogen-bond donors (Lipinski definition) is 1. The van der Waals surface area contributed by atoms with E-state index >= 15 is 0 Å². The minimum atomic E-state index is 0.941. The monoisotopic (exact) mass is 263 g/mol. The summed E-state index contributed by atoms with van der Waals surface area (Å²) < 4.78 is 2.30. The number of nitrogens with one attached hydrogen (secondary N) is 1. The van der Waals surface area contributed by atoms with Crippen molar-refractivity contribution < 1.29 is 0 Å². The van der Waals surface area contributed by atoms with Gasteiger partial charge in [-0.1, -0.05) is 6.92 Å². The average molecular weight is 263 g/mol. The highest BCUT2D eigenvalue weighted by Gasteiger charge is 2.14. The highest BCUT2D eigenvalue weighted by atomic mass is 15.1. The summed E-state index contributed by atoms with van der Waals surface area (Å²) in [6.07, 6.45) is 6.20. The molecule has 2 heterocycles. The molecule has 0 aliphatic carbocycles. The lowest BCUT2D eigenvalue weighted by atomic mass is 9.99. The Morgan fingerprint density at radius 1 is 1.32 bits per heavy atom. The van der Waals surface area contributed by atoms with Crippen molar-refractivity contribution in [1.82, 2.24) is 14.8 Å². The Balaban J connectivity index is 1.55. The van der Waals surface area contributed by atoms with Crippen LogP contribution in [-0.4, -0.2) is 35.6 Å². The van der Waals surface area contributed by atoms with Gasteiger partial charge in [-0.2, -0.15) is 0 Å². The lowest BCUT2D eigenvalue weighted by molar-refractivity contribution is 0.190. The summed E-state index contributed by atoms with van der Waals surface area (Å²) in [7, 11) is 0. The molecule has 0 unspecified atom stereocenters. The molecule has 0 aromatic carbocycles. The quantitative estimate of drug-likeness (QED) is 0.763. The summed E-state index contributed by atoms with van der Waals surface area (Å²) >= 11 is 0. The molecule has 0 saturated carbocycles. The summed E-state index contributed by atoms with van der Waals surface area (Å²) in [4.78, 5) is 2.62. The number of rotatable bonds is 7. The molecule has 3 nitrogen and oxygen atoms in total. The SMILES string of the molecule is CCn1cccc1CNCCCN1CCC(C)CC1. The van der Waals surface area contributed by atoms with Crippen molar-refractivity contribution in [1.29, 1.82) is 0 Å². The van der Waals surface area contributed by atoms with Gasteiger partial charge in [-0.15, -0.1) is 0 Å². The predicted molar refractivity (Wildman–Crippen MR) is 81.3 cm³/mol. The molecule has 108 valence electrons. The van der Waals surface area contributed by atoms with E-state index in [9.17, 15) is 0 Å². The zero-order valence-electron chi connectivity index (χ0n) is 12.6. The fourth-order valence-electron chi connectivity index (χ4n) is 2.85. The summed E-state index contributed by atoms with van der Waals surface area (Å²) in [6, 6.07) is 4.35. The van der Waals surface area contributed by atoms with E-state index in [1.54, 1.807) is 0 Å². The van der Waals surface area contributed by atoms with Crippen LogP contribution in [0.4, 0.5) is 0 Å². The van der Waals surface area contributed by atoms with E-state index in [4.69, 9.17) is 0 Å². The molecule has 0 bridgehead atoms. The van der Waals surface area contributed by atoms with E-state index in [1.165, 1.54) is 44.6 Å². The second-order valence-corrected chi connectivity index (χ2v) is 5.84. The summed E-state index contributed by atoms with van der Waals surface area (Å²) in [5.41, 5.74) is 1.40. The van der Waals surface area contributed by atoms with Gasteiger partial charge < -0.3 is 14.8 Å². The molecule has 0 atom stereocenters. The largest absolute Gasteiger partial charge is 0.351 e. The van der Waals surface area contributed by atoms with Gasteiger partial charge in [0.05, 0.1) is 0 Å². The molecule has 1 N–H and O–H groups in total. The number of likely N-dealkylation sites (tertiary alicyclic amines) is 1. The minimum Gasteiger partial charge on any atom is -0.351 e. The third-order valence-electron chi connectivity index (χ3n) is 4.27. The lowest BCUT2D eigenvalue weighted by Crippen LogP contribution is -2.34. The molecular weight excluding hydrogens is 234 g/mol. The van der Waals surface area contributed by atoms with Crippen LogP contribution in [0.3, 0.4) is 0 Å². The molecule has 19 heavy (non-hydrogen) atoms. The van der Waals surface area contributed by atoms with Crippen molar-refractivity contribution in [2.24, 2.45) is 5.92 Å². The van der Waals surface area contributed by atoms with Gasteiger partial charge in [0.2, 0.25) is 0 Å². The van der Waals surface area contributed by atoms with Crippen LogP contribution in [0.2, 0.25) is 0 Å². The second kappa shape index (κ2) is 7.71. The van der Waals surface area contributed by atoms with Crippen LogP contribution in [0.1, 0.15) is 38.8 Å². The van der Waals surface area contributed by atoms with Gasteiger partial charge in [0.1, 0.15) is 0 Å². The number of aryl methyl sites for hydroxylation is 1. The van der Waals surface area contributed by atoms with Crippen molar-refractivity contribution in [3.05, 3.63) is 24.0 Å². The zero-order valence-corrected chi connectivity index (χ0v) is 12.6. The molecule has 1 aliphatic heterocycles. The van der Waals surface area contributed by atoms with Gasteiger partial charge in [-0.3, -0.25) is 0 Å². The first kappa shape index (κ1) is 14.6. The van der Waals surface area contributed by atoms with E-state index in [2.05, 4.69) is 47.0 Å². The smallest absolute Gasteiger partial charge is 0.0359 e. The second-order valence-electron chi connectivity index (χ2n) is 5.84. The fourth-order valence-corrected chi connectivity index (χ4v) is 2.85. The molecule has 0 amide bonds. The van der Waals surface area contributed by atoms with Crippen LogP contribution in [0, 0.1) is 5.92 Å². The maximum atomic E-state index is 3.56.